The van der Waals surface area contributed by atoms with Crippen LogP contribution < -0.4 is 0 Å². The number of hydrogen-bond acceptors (Lipinski definition) is 6. The highest BCUT2D eigenvalue weighted by molar-refractivity contribution is 6.01. The summed E-state index contributed by atoms with van der Waals surface area (Å²) in [7, 11) is 1.29. The van der Waals surface area contributed by atoms with Crippen molar-refractivity contribution < 1.29 is 24.5 Å². The minimum absolute atomic E-state index is 0.0531. The Bertz CT molecular complexity index is 742. The lowest BCUT2D eigenvalue weighted by Gasteiger charge is -2.14. The van der Waals surface area contributed by atoms with Gasteiger partial charge in [0.15, 0.2) is 6.10 Å². The number of aliphatic hydroxyl groups excluding tert-OH is 1. The van der Waals surface area contributed by atoms with E-state index in [1.165, 1.54) is 13.3 Å². The molecular formula is C14H14N2O5. The molecule has 2 N–H and O–H groups in total. The first-order valence-corrected chi connectivity index (χ1v) is 6.13. The van der Waals surface area contributed by atoms with E-state index in [4.69, 9.17) is 9.84 Å². The summed E-state index contributed by atoms with van der Waals surface area (Å²) in [6.07, 6.45) is -0.349. The minimum Gasteiger partial charge on any atom is -0.479 e. The standard InChI is InChI=1S/C14H14N2O5/c1-6-4-8-9(7(2)10(6)14(20)21-3)5-15-16-11(8)12(17)13(18)19/h4-5,12,17H,1-3H3,(H,18,19). The molecule has 0 saturated heterocycles. The summed E-state index contributed by atoms with van der Waals surface area (Å²) in [5.41, 5.74) is 1.56. The third kappa shape index (κ3) is 2.43. The number of rotatable bonds is 3. The first kappa shape index (κ1) is 14.9. The molecule has 7 heteroatoms. The largest absolute Gasteiger partial charge is 0.479 e. The van der Waals surface area contributed by atoms with Crippen molar-refractivity contribution in [3.63, 3.8) is 0 Å². The Morgan fingerprint density at radius 1 is 1.29 bits per heavy atom. The Morgan fingerprint density at radius 3 is 2.52 bits per heavy atom. The molecule has 0 bridgehead atoms. The van der Waals surface area contributed by atoms with Crippen molar-refractivity contribution in [2.24, 2.45) is 0 Å². The number of methoxy groups -OCH3 is 1. The van der Waals surface area contributed by atoms with Crippen molar-refractivity contribution in [2.45, 2.75) is 20.0 Å². The van der Waals surface area contributed by atoms with Crippen molar-refractivity contribution in [3.8, 4) is 0 Å². The summed E-state index contributed by atoms with van der Waals surface area (Å²) in [6.45, 7) is 3.41. The molecule has 2 aromatic rings. The van der Waals surface area contributed by atoms with Crippen LogP contribution in [0.15, 0.2) is 12.3 Å². The zero-order chi connectivity index (χ0) is 15.7. The molecule has 0 fully saturated rings. The number of ether oxygens (including phenoxy) is 1. The number of hydrogen-bond donors (Lipinski definition) is 2. The van der Waals surface area contributed by atoms with Gasteiger partial charge in [0.25, 0.3) is 0 Å². The van der Waals surface area contributed by atoms with Gasteiger partial charge in [-0.3, -0.25) is 0 Å². The van der Waals surface area contributed by atoms with E-state index in [1.807, 2.05) is 0 Å². The minimum atomic E-state index is -1.77. The zero-order valence-corrected chi connectivity index (χ0v) is 11.7. The van der Waals surface area contributed by atoms with Crippen molar-refractivity contribution in [1.29, 1.82) is 0 Å². The van der Waals surface area contributed by atoms with Crippen LogP contribution >= 0.6 is 0 Å². The molecular weight excluding hydrogens is 276 g/mol. The molecule has 0 radical (unpaired) electrons. The first-order valence-electron chi connectivity index (χ1n) is 6.13. The molecule has 110 valence electrons. The lowest BCUT2D eigenvalue weighted by Crippen LogP contribution is -2.14. The predicted octanol–water partition coefficient (Wildman–Crippen LogP) is 1.15. The van der Waals surface area contributed by atoms with Gasteiger partial charge in [-0.2, -0.15) is 10.2 Å². The van der Waals surface area contributed by atoms with Crippen LogP contribution in [0.1, 0.15) is 33.3 Å². The number of aromatic nitrogens is 2. The van der Waals surface area contributed by atoms with Gasteiger partial charge in [0, 0.05) is 10.8 Å². The summed E-state index contributed by atoms with van der Waals surface area (Å²) in [5, 5.41) is 27.0. The highest BCUT2D eigenvalue weighted by Crippen LogP contribution is 2.29. The molecule has 1 atom stereocenters. The average molecular weight is 290 g/mol. The van der Waals surface area contributed by atoms with Gasteiger partial charge in [-0.15, -0.1) is 0 Å². The first-order chi connectivity index (χ1) is 9.88. The van der Waals surface area contributed by atoms with Crippen LogP contribution in [-0.4, -0.2) is 39.5 Å². The second kappa shape index (κ2) is 5.45. The zero-order valence-electron chi connectivity index (χ0n) is 11.7. The molecule has 0 aliphatic heterocycles. The van der Waals surface area contributed by atoms with Crippen LogP contribution in [0.3, 0.4) is 0 Å². The van der Waals surface area contributed by atoms with E-state index in [9.17, 15) is 14.7 Å². The SMILES string of the molecule is COC(=O)c1c(C)cc2c(C(O)C(=O)O)nncc2c1C. The van der Waals surface area contributed by atoms with E-state index in [-0.39, 0.29) is 5.69 Å². The Morgan fingerprint density at radius 2 is 1.95 bits per heavy atom. The quantitative estimate of drug-likeness (QED) is 0.816. The van der Waals surface area contributed by atoms with Gasteiger partial charge < -0.3 is 14.9 Å². The molecule has 1 unspecified atom stereocenters. The number of aliphatic hydroxyl groups is 1. The lowest BCUT2D eigenvalue weighted by molar-refractivity contribution is -0.147. The molecule has 0 amide bonds. The fourth-order valence-electron chi connectivity index (χ4n) is 2.31. The average Bonchev–Trinajstić information content (AvgIpc) is 2.45. The molecule has 2 rings (SSSR count). The number of aryl methyl sites for hydroxylation is 2. The summed E-state index contributed by atoms with van der Waals surface area (Å²) in [6, 6.07) is 1.60. The number of nitrogens with zero attached hydrogens (tertiary/aromatic N) is 2. The Hall–Kier alpha value is -2.54. The topological polar surface area (TPSA) is 110 Å². The second-order valence-electron chi connectivity index (χ2n) is 4.62. The Labute approximate surface area is 120 Å². The molecule has 0 saturated carbocycles. The highest BCUT2D eigenvalue weighted by atomic mass is 16.5. The smallest absolute Gasteiger partial charge is 0.338 e. The van der Waals surface area contributed by atoms with Gasteiger partial charge >= 0.3 is 11.9 Å². The van der Waals surface area contributed by atoms with E-state index < -0.39 is 18.0 Å². The molecule has 0 aliphatic carbocycles. The van der Waals surface area contributed by atoms with Gasteiger partial charge in [-0.25, -0.2) is 9.59 Å². The number of esters is 1. The van der Waals surface area contributed by atoms with Crippen molar-refractivity contribution in [3.05, 3.63) is 34.6 Å². The second-order valence-corrected chi connectivity index (χ2v) is 4.62. The molecule has 0 aliphatic rings. The molecule has 21 heavy (non-hydrogen) atoms. The van der Waals surface area contributed by atoms with Crippen LogP contribution in [0.5, 0.6) is 0 Å². The van der Waals surface area contributed by atoms with E-state index in [0.29, 0.717) is 27.5 Å². The van der Waals surface area contributed by atoms with Crippen LogP contribution in [-0.2, 0) is 9.53 Å². The maximum atomic E-state index is 11.8. The van der Waals surface area contributed by atoms with Crippen LogP contribution in [0.4, 0.5) is 0 Å². The molecule has 0 spiro atoms. The predicted molar refractivity (Wildman–Crippen MR) is 72.9 cm³/mol. The third-order valence-electron chi connectivity index (χ3n) is 3.34. The number of aliphatic carboxylic acids is 1. The normalized spacial score (nSPS) is 12.2. The lowest BCUT2D eigenvalue weighted by atomic mass is 9.95. The van der Waals surface area contributed by atoms with Gasteiger partial charge in [0.2, 0.25) is 0 Å². The van der Waals surface area contributed by atoms with Gasteiger partial charge in [-0.05, 0) is 31.0 Å². The van der Waals surface area contributed by atoms with Gasteiger partial charge in [0.05, 0.1) is 18.9 Å². The third-order valence-corrected chi connectivity index (χ3v) is 3.34. The van der Waals surface area contributed by atoms with Gasteiger partial charge in [0.1, 0.15) is 5.69 Å². The van der Waals surface area contributed by atoms with Crippen LogP contribution in [0, 0.1) is 13.8 Å². The number of benzene rings is 1. The fraction of sp³-hybridized carbons (Fsp3) is 0.286. The van der Waals surface area contributed by atoms with E-state index in [0.717, 1.165) is 0 Å². The number of carbonyl (C=O) groups is 2. The maximum absolute atomic E-state index is 11.8. The Balaban J connectivity index is 2.80. The number of carbonyl (C=O) groups excluding carboxylic acids is 1. The highest BCUT2D eigenvalue weighted by Gasteiger charge is 2.24. The maximum Gasteiger partial charge on any atom is 0.338 e. The van der Waals surface area contributed by atoms with E-state index in [2.05, 4.69) is 10.2 Å². The van der Waals surface area contributed by atoms with Gasteiger partial charge in [-0.1, -0.05) is 0 Å². The van der Waals surface area contributed by atoms with E-state index in [1.54, 1.807) is 19.9 Å². The molecule has 7 nitrogen and oxygen atoms in total. The Kier molecular flexibility index (Phi) is 3.86. The van der Waals surface area contributed by atoms with Crippen molar-refractivity contribution in [1.82, 2.24) is 10.2 Å². The summed E-state index contributed by atoms with van der Waals surface area (Å²) in [4.78, 5) is 22.8. The van der Waals surface area contributed by atoms with Crippen molar-refractivity contribution in [2.75, 3.05) is 7.11 Å². The monoisotopic (exact) mass is 290 g/mol. The molecule has 1 aromatic heterocycles. The van der Waals surface area contributed by atoms with Crippen LogP contribution in [0.2, 0.25) is 0 Å². The van der Waals surface area contributed by atoms with E-state index >= 15 is 0 Å². The number of carboxylic acid groups (broad SMARTS) is 1. The summed E-state index contributed by atoms with van der Waals surface area (Å²) < 4.78 is 4.74. The fourth-order valence-corrected chi connectivity index (χ4v) is 2.31. The number of fused-ring (bicyclic) bond motifs is 1. The number of carboxylic acids is 1. The van der Waals surface area contributed by atoms with Crippen LogP contribution in [0.25, 0.3) is 10.8 Å². The molecule has 1 heterocycles. The summed E-state index contributed by atoms with van der Waals surface area (Å²) in [5.74, 6) is -1.90. The summed E-state index contributed by atoms with van der Waals surface area (Å²) >= 11 is 0. The van der Waals surface area contributed by atoms with Crippen molar-refractivity contribution >= 4 is 22.7 Å². The molecule has 1 aromatic carbocycles.